The second kappa shape index (κ2) is 8.58. The topological polar surface area (TPSA) is 67.1 Å². The van der Waals surface area contributed by atoms with E-state index in [1.165, 1.54) is 27.6 Å². The molecule has 0 unspecified atom stereocenters. The van der Waals surface area contributed by atoms with Gasteiger partial charge >= 0.3 is 5.97 Å². The minimum atomic E-state index is -0.915. The molecule has 6 nitrogen and oxygen atoms in total. The van der Waals surface area contributed by atoms with Gasteiger partial charge in [-0.2, -0.15) is 0 Å². The van der Waals surface area contributed by atoms with Crippen molar-refractivity contribution in [2.24, 2.45) is 5.16 Å². The molecule has 6 heteroatoms. The average Bonchev–Trinajstić information content (AvgIpc) is 3.38. The molecule has 1 N–H and O–H groups in total. The summed E-state index contributed by atoms with van der Waals surface area (Å²) in [5.41, 5.74) is 7.31. The number of fused-ring (bicyclic) bond motifs is 1. The number of likely N-dealkylation sites (tertiary alicyclic amines) is 1. The van der Waals surface area contributed by atoms with E-state index in [1.54, 1.807) is 12.1 Å². The van der Waals surface area contributed by atoms with Crippen LogP contribution in [-0.4, -0.2) is 44.9 Å². The zero-order valence-electron chi connectivity index (χ0n) is 20.5. The van der Waals surface area contributed by atoms with Crippen molar-refractivity contribution in [3.63, 3.8) is 0 Å². The first-order valence-corrected chi connectivity index (χ1v) is 12.2. The zero-order valence-corrected chi connectivity index (χ0v) is 20.5. The van der Waals surface area contributed by atoms with Gasteiger partial charge in [0.2, 0.25) is 0 Å². The van der Waals surface area contributed by atoms with Gasteiger partial charge in [-0.05, 0) is 62.6 Å². The summed E-state index contributed by atoms with van der Waals surface area (Å²) in [6, 6.07) is 11.9. The lowest BCUT2D eigenvalue weighted by Crippen LogP contribution is -2.44. The lowest BCUT2D eigenvalue weighted by Gasteiger charge is -2.37. The van der Waals surface area contributed by atoms with Crippen molar-refractivity contribution in [2.45, 2.75) is 65.1 Å². The Morgan fingerprint density at radius 3 is 2.50 bits per heavy atom. The first-order chi connectivity index (χ1) is 16.2. The van der Waals surface area contributed by atoms with E-state index in [1.807, 2.05) is 12.1 Å². The van der Waals surface area contributed by atoms with Crippen LogP contribution >= 0.6 is 0 Å². The van der Waals surface area contributed by atoms with Gasteiger partial charge < -0.3 is 14.5 Å². The van der Waals surface area contributed by atoms with Gasteiger partial charge in [-0.1, -0.05) is 28.9 Å². The number of benzene rings is 2. The summed E-state index contributed by atoms with van der Waals surface area (Å²) in [7, 11) is 0. The fourth-order valence-electron chi connectivity index (χ4n) is 5.49. The molecule has 0 saturated carbocycles. The predicted octanol–water partition coefficient (Wildman–Crippen LogP) is 5.70. The lowest BCUT2D eigenvalue weighted by atomic mass is 9.85. The number of hydrogen-bond acceptors (Lipinski definition) is 4. The van der Waals surface area contributed by atoms with Crippen LogP contribution in [0, 0.1) is 13.8 Å². The van der Waals surface area contributed by atoms with E-state index in [2.05, 4.69) is 60.6 Å². The summed E-state index contributed by atoms with van der Waals surface area (Å²) in [6.45, 7) is 11.8. The van der Waals surface area contributed by atoms with Crippen LogP contribution in [0.2, 0.25) is 0 Å². The van der Waals surface area contributed by atoms with Gasteiger partial charge in [0.05, 0.1) is 16.8 Å². The second-order valence-electron chi connectivity index (χ2n) is 10.3. The van der Waals surface area contributed by atoms with E-state index >= 15 is 0 Å². The number of aryl methyl sites for hydroxylation is 2. The molecule has 0 aliphatic carbocycles. The molecule has 0 radical (unpaired) electrons. The van der Waals surface area contributed by atoms with E-state index in [0.29, 0.717) is 6.04 Å². The molecule has 1 saturated heterocycles. The Morgan fingerprint density at radius 1 is 1.15 bits per heavy atom. The molecule has 2 aromatic carbocycles. The van der Waals surface area contributed by atoms with Crippen LogP contribution in [-0.2, 0) is 11.4 Å². The monoisotopic (exact) mass is 459 g/mol. The molecule has 0 bridgehead atoms. The SMILES string of the molecule is Cc1cc(C)c2c(c1)c(CN1CCC3(CC1)CC(c1ccc(C(=O)O)cc1)=NO3)cn2C(C)C. The molecule has 1 aromatic heterocycles. The van der Waals surface area contributed by atoms with Crippen LogP contribution in [0.3, 0.4) is 0 Å². The first kappa shape index (κ1) is 22.7. The van der Waals surface area contributed by atoms with E-state index in [9.17, 15) is 4.79 Å². The smallest absolute Gasteiger partial charge is 0.335 e. The molecule has 3 aromatic rings. The molecule has 3 heterocycles. The number of aromatic nitrogens is 1. The molecule has 178 valence electrons. The summed E-state index contributed by atoms with van der Waals surface area (Å²) in [5, 5.41) is 14.9. The summed E-state index contributed by atoms with van der Waals surface area (Å²) in [6.07, 6.45) is 5.00. The van der Waals surface area contributed by atoms with Gasteiger partial charge in [0.1, 0.15) is 5.60 Å². The average molecular weight is 460 g/mol. The maximum absolute atomic E-state index is 11.1. The summed E-state index contributed by atoms with van der Waals surface area (Å²) in [4.78, 5) is 19.7. The minimum Gasteiger partial charge on any atom is -0.478 e. The third-order valence-corrected chi connectivity index (χ3v) is 7.37. The number of piperidine rings is 1. The van der Waals surface area contributed by atoms with Crippen molar-refractivity contribution in [3.8, 4) is 0 Å². The van der Waals surface area contributed by atoms with Crippen molar-refractivity contribution < 1.29 is 14.7 Å². The maximum atomic E-state index is 11.1. The minimum absolute atomic E-state index is 0.240. The Bertz CT molecular complexity index is 1260. The summed E-state index contributed by atoms with van der Waals surface area (Å²) < 4.78 is 2.42. The number of nitrogens with zero attached hydrogens (tertiary/aromatic N) is 3. The largest absolute Gasteiger partial charge is 0.478 e. The molecule has 0 atom stereocenters. The molecule has 0 amide bonds. The number of rotatable bonds is 5. The highest BCUT2D eigenvalue weighted by Gasteiger charge is 2.42. The Morgan fingerprint density at radius 2 is 1.85 bits per heavy atom. The van der Waals surface area contributed by atoms with Crippen molar-refractivity contribution in [1.29, 1.82) is 0 Å². The van der Waals surface area contributed by atoms with Crippen molar-refractivity contribution >= 4 is 22.6 Å². The number of aromatic carboxylic acids is 1. The highest BCUT2D eigenvalue weighted by molar-refractivity contribution is 6.02. The van der Waals surface area contributed by atoms with Gasteiger partial charge in [0.15, 0.2) is 0 Å². The predicted molar refractivity (Wildman–Crippen MR) is 135 cm³/mol. The van der Waals surface area contributed by atoms with Crippen LogP contribution < -0.4 is 0 Å². The molecule has 1 spiro atoms. The Balaban J connectivity index is 1.27. The third kappa shape index (κ3) is 4.11. The number of carbonyl (C=O) groups is 1. The molecular weight excluding hydrogens is 426 g/mol. The summed E-state index contributed by atoms with van der Waals surface area (Å²) >= 11 is 0. The molecule has 5 rings (SSSR count). The van der Waals surface area contributed by atoms with E-state index < -0.39 is 5.97 Å². The molecular formula is C28H33N3O3. The van der Waals surface area contributed by atoms with Gasteiger partial charge in [0, 0.05) is 56.5 Å². The van der Waals surface area contributed by atoms with Crippen molar-refractivity contribution in [1.82, 2.24) is 9.47 Å². The maximum Gasteiger partial charge on any atom is 0.335 e. The highest BCUT2D eigenvalue weighted by Crippen LogP contribution is 2.37. The van der Waals surface area contributed by atoms with E-state index in [-0.39, 0.29) is 11.2 Å². The van der Waals surface area contributed by atoms with Gasteiger partial charge in [-0.15, -0.1) is 0 Å². The Labute approximate surface area is 200 Å². The second-order valence-corrected chi connectivity index (χ2v) is 10.3. The van der Waals surface area contributed by atoms with Crippen LogP contribution in [0.4, 0.5) is 0 Å². The Hall–Kier alpha value is -3.12. The number of carboxylic acid groups (broad SMARTS) is 1. The molecule has 2 aliphatic heterocycles. The van der Waals surface area contributed by atoms with Crippen molar-refractivity contribution in [2.75, 3.05) is 13.1 Å². The number of oxime groups is 1. The normalized spacial score (nSPS) is 18.0. The lowest BCUT2D eigenvalue weighted by molar-refractivity contribution is -0.0626. The zero-order chi connectivity index (χ0) is 24.0. The summed E-state index contributed by atoms with van der Waals surface area (Å²) in [5.74, 6) is -0.915. The molecule has 1 fully saturated rings. The number of hydrogen-bond donors (Lipinski definition) is 1. The van der Waals surface area contributed by atoms with Gasteiger partial charge in [-0.3, -0.25) is 4.90 Å². The van der Waals surface area contributed by atoms with Crippen LogP contribution in [0.5, 0.6) is 0 Å². The van der Waals surface area contributed by atoms with Gasteiger partial charge in [-0.25, -0.2) is 4.79 Å². The van der Waals surface area contributed by atoms with Crippen LogP contribution in [0.25, 0.3) is 10.9 Å². The molecule has 2 aliphatic rings. The van der Waals surface area contributed by atoms with Crippen LogP contribution in [0.15, 0.2) is 47.8 Å². The van der Waals surface area contributed by atoms with E-state index in [0.717, 1.165) is 50.2 Å². The quantitative estimate of drug-likeness (QED) is 0.532. The fourth-order valence-corrected chi connectivity index (χ4v) is 5.49. The fraction of sp³-hybridized carbons (Fsp3) is 0.429. The molecule has 34 heavy (non-hydrogen) atoms. The van der Waals surface area contributed by atoms with Crippen LogP contribution in [0.1, 0.15) is 71.8 Å². The standard InChI is InChI=1S/C28H33N3O3/c1-18(2)31-17-23(24-14-19(3)13-20(4)26(24)31)16-30-11-9-28(10-12-30)15-25(29-34-28)21-5-7-22(8-6-21)27(32)33/h5-8,13-14,17-18H,9-12,15-16H2,1-4H3,(H,32,33). The Kier molecular flexibility index (Phi) is 5.72. The number of carboxylic acids is 1. The third-order valence-electron chi connectivity index (χ3n) is 7.37. The first-order valence-electron chi connectivity index (χ1n) is 12.2. The van der Waals surface area contributed by atoms with E-state index in [4.69, 9.17) is 9.94 Å². The van der Waals surface area contributed by atoms with Crippen molar-refractivity contribution in [3.05, 3.63) is 70.4 Å². The van der Waals surface area contributed by atoms with Gasteiger partial charge in [0.25, 0.3) is 0 Å². The highest BCUT2D eigenvalue weighted by atomic mass is 16.7.